The van der Waals surface area contributed by atoms with Crippen molar-refractivity contribution in [3.8, 4) is 11.8 Å². The molecule has 0 unspecified atom stereocenters. The summed E-state index contributed by atoms with van der Waals surface area (Å²) in [5.41, 5.74) is 2.55. The van der Waals surface area contributed by atoms with Crippen molar-refractivity contribution in [2.75, 3.05) is 13.2 Å². The van der Waals surface area contributed by atoms with Gasteiger partial charge in [0.2, 0.25) is 0 Å². The summed E-state index contributed by atoms with van der Waals surface area (Å²) in [4.78, 5) is 14.5. The third-order valence-corrected chi connectivity index (χ3v) is 3.58. The van der Waals surface area contributed by atoms with Crippen molar-refractivity contribution in [2.24, 2.45) is 0 Å². The fourth-order valence-electron chi connectivity index (χ4n) is 2.32. The molecule has 0 aliphatic carbocycles. The van der Waals surface area contributed by atoms with Crippen LogP contribution in [0.2, 0.25) is 0 Å². The Bertz CT molecular complexity index is 746. The summed E-state index contributed by atoms with van der Waals surface area (Å²) in [5.74, 6) is 0.608. The minimum Gasteiger partial charge on any atom is -0.489 e. The summed E-state index contributed by atoms with van der Waals surface area (Å²) >= 11 is 0. The fourth-order valence-corrected chi connectivity index (χ4v) is 2.32. The molecule has 0 fully saturated rings. The highest BCUT2D eigenvalue weighted by molar-refractivity contribution is 5.94. The second kappa shape index (κ2) is 9.29. The summed E-state index contributed by atoms with van der Waals surface area (Å²) in [5, 5.41) is 8.86. The van der Waals surface area contributed by atoms with Crippen molar-refractivity contribution in [1.29, 1.82) is 5.26 Å². The minimum atomic E-state index is -0.0921. The topological polar surface area (TPSA) is 53.3 Å². The second-order valence-corrected chi connectivity index (χ2v) is 5.89. The molecule has 0 saturated heterocycles. The number of hydrogen-bond donors (Lipinski definition) is 0. The molecule has 2 rings (SSSR count). The highest BCUT2D eigenvalue weighted by atomic mass is 16.5. The molecule has 128 valence electrons. The average molecular weight is 334 g/mol. The molecule has 0 saturated carbocycles. The van der Waals surface area contributed by atoms with Crippen LogP contribution in [0.15, 0.2) is 66.7 Å². The molecule has 4 nitrogen and oxygen atoms in total. The van der Waals surface area contributed by atoms with E-state index in [9.17, 15) is 4.79 Å². The molecule has 0 aliphatic rings. The Morgan fingerprint density at radius 1 is 1.16 bits per heavy atom. The van der Waals surface area contributed by atoms with Crippen LogP contribution in [0.3, 0.4) is 0 Å². The van der Waals surface area contributed by atoms with Gasteiger partial charge < -0.3 is 9.64 Å². The zero-order chi connectivity index (χ0) is 18.1. The molecular formula is C21H22N2O2. The molecule has 0 atom stereocenters. The van der Waals surface area contributed by atoms with E-state index < -0.39 is 0 Å². The summed E-state index contributed by atoms with van der Waals surface area (Å²) < 4.78 is 5.56. The lowest BCUT2D eigenvalue weighted by Crippen LogP contribution is -2.31. The van der Waals surface area contributed by atoms with Crippen LogP contribution in [-0.2, 0) is 6.54 Å². The molecule has 25 heavy (non-hydrogen) atoms. The van der Waals surface area contributed by atoms with Crippen molar-refractivity contribution in [3.63, 3.8) is 0 Å². The SMILES string of the molecule is C=C(C)COc1ccc(C(=O)N(CCC#N)Cc2ccccc2)cc1. The van der Waals surface area contributed by atoms with Gasteiger partial charge in [-0.2, -0.15) is 5.26 Å². The first-order valence-corrected chi connectivity index (χ1v) is 8.17. The third kappa shape index (κ3) is 5.82. The number of amides is 1. The van der Waals surface area contributed by atoms with Crippen molar-refractivity contribution >= 4 is 5.91 Å². The lowest BCUT2D eigenvalue weighted by molar-refractivity contribution is 0.0747. The van der Waals surface area contributed by atoms with Crippen molar-refractivity contribution in [3.05, 3.63) is 77.9 Å². The standard InChI is InChI=1S/C21H22N2O2/c1-17(2)16-25-20-11-9-19(10-12-20)21(24)23(14-6-13-22)15-18-7-4-3-5-8-18/h3-5,7-12H,1,6,14-16H2,2H3. The molecule has 0 radical (unpaired) electrons. The number of carbonyl (C=O) groups is 1. The summed E-state index contributed by atoms with van der Waals surface area (Å²) in [6.07, 6.45) is 0.304. The average Bonchev–Trinajstić information content (AvgIpc) is 2.64. The van der Waals surface area contributed by atoms with Crippen LogP contribution in [0.1, 0.15) is 29.3 Å². The monoisotopic (exact) mass is 334 g/mol. The van der Waals surface area contributed by atoms with E-state index in [1.54, 1.807) is 29.2 Å². The first-order chi connectivity index (χ1) is 12.1. The van der Waals surface area contributed by atoms with E-state index in [1.165, 1.54) is 0 Å². The van der Waals surface area contributed by atoms with E-state index in [2.05, 4.69) is 12.6 Å². The molecule has 0 aromatic heterocycles. The molecule has 2 aromatic carbocycles. The molecule has 0 aliphatic heterocycles. The second-order valence-electron chi connectivity index (χ2n) is 5.89. The first-order valence-electron chi connectivity index (χ1n) is 8.17. The molecular weight excluding hydrogens is 312 g/mol. The number of hydrogen-bond acceptors (Lipinski definition) is 3. The van der Waals surface area contributed by atoms with Gasteiger partial charge in [-0.15, -0.1) is 0 Å². The normalized spacial score (nSPS) is 9.92. The van der Waals surface area contributed by atoms with E-state index in [1.807, 2.05) is 37.3 Å². The van der Waals surface area contributed by atoms with Crippen LogP contribution >= 0.6 is 0 Å². The van der Waals surface area contributed by atoms with Gasteiger partial charge in [-0.3, -0.25) is 4.79 Å². The molecule has 1 amide bonds. The predicted molar refractivity (Wildman–Crippen MR) is 98.2 cm³/mol. The lowest BCUT2D eigenvalue weighted by atomic mass is 10.1. The van der Waals surface area contributed by atoms with Crippen LogP contribution in [0.5, 0.6) is 5.75 Å². The smallest absolute Gasteiger partial charge is 0.254 e. The van der Waals surface area contributed by atoms with E-state index in [4.69, 9.17) is 10.00 Å². The summed E-state index contributed by atoms with van der Waals surface area (Å²) in [7, 11) is 0. The van der Waals surface area contributed by atoms with Gasteiger partial charge in [-0.25, -0.2) is 0 Å². The Balaban J connectivity index is 2.09. The number of benzene rings is 2. The van der Waals surface area contributed by atoms with Crippen LogP contribution < -0.4 is 4.74 Å². The Kier molecular flexibility index (Phi) is 6.79. The van der Waals surface area contributed by atoms with Crippen LogP contribution in [0.4, 0.5) is 0 Å². The summed E-state index contributed by atoms with van der Waals surface area (Å²) in [6.45, 7) is 7.03. The largest absolute Gasteiger partial charge is 0.489 e. The first kappa shape index (κ1) is 18.3. The maximum absolute atomic E-state index is 12.8. The zero-order valence-electron chi connectivity index (χ0n) is 14.4. The van der Waals surface area contributed by atoms with Crippen LogP contribution in [-0.4, -0.2) is 24.0 Å². The summed E-state index contributed by atoms with van der Waals surface area (Å²) in [6, 6.07) is 18.9. The minimum absolute atomic E-state index is 0.0921. The highest BCUT2D eigenvalue weighted by Crippen LogP contribution is 2.16. The fraction of sp³-hybridized carbons (Fsp3) is 0.238. The Morgan fingerprint density at radius 2 is 1.84 bits per heavy atom. The molecule has 0 bridgehead atoms. The zero-order valence-corrected chi connectivity index (χ0v) is 14.4. The van der Waals surface area contributed by atoms with Crippen molar-refractivity contribution < 1.29 is 9.53 Å². The van der Waals surface area contributed by atoms with Gasteiger partial charge in [-0.05, 0) is 42.3 Å². The maximum atomic E-state index is 12.8. The van der Waals surface area contributed by atoms with Crippen LogP contribution in [0, 0.1) is 11.3 Å². The van der Waals surface area contributed by atoms with Gasteiger partial charge >= 0.3 is 0 Å². The molecule has 4 heteroatoms. The number of nitriles is 1. The molecule has 0 N–H and O–H groups in total. The van der Waals surface area contributed by atoms with Crippen LogP contribution in [0.25, 0.3) is 0 Å². The molecule has 0 spiro atoms. The third-order valence-electron chi connectivity index (χ3n) is 3.58. The van der Waals surface area contributed by atoms with Gasteiger partial charge in [0, 0.05) is 18.7 Å². The highest BCUT2D eigenvalue weighted by Gasteiger charge is 2.16. The van der Waals surface area contributed by atoms with E-state index in [0.29, 0.717) is 37.4 Å². The Hall–Kier alpha value is -3.06. The van der Waals surface area contributed by atoms with Gasteiger partial charge in [0.15, 0.2) is 0 Å². The molecule has 0 heterocycles. The number of nitrogens with zero attached hydrogens (tertiary/aromatic N) is 2. The van der Waals surface area contributed by atoms with Crippen molar-refractivity contribution in [2.45, 2.75) is 19.9 Å². The number of rotatable bonds is 8. The number of ether oxygens (including phenoxy) is 1. The van der Waals surface area contributed by atoms with E-state index >= 15 is 0 Å². The Morgan fingerprint density at radius 3 is 2.44 bits per heavy atom. The predicted octanol–water partition coefficient (Wildman–Crippen LogP) is 4.20. The number of carbonyl (C=O) groups excluding carboxylic acids is 1. The molecule has 2 aromatic rings. The maximum Gasteiger partial charge on any atom is 0.254 e. The van der Waals surface area contributed by atoms with Gasteiger partial charge in [-0.1, -0.05) is 36.9 Å². The lowest BCUT2D eigenvalue weighted by Gasteiger charge is -2.22. The van der Waals surface area contributed by atoms with Gasteiger partial charge in [0.25, 0.3) is 5.91 Å². The van der Waals surface area contributed by atoms with E-state index in [-0.39, 0.29) is 5.91 Å². The van der Waals surface area contributed by atoms with Gasteiger partial charge in [0.05, 0.1) is 12.5 Å². The van der Waals surface area contributed by atoms with Crippen molar-refractivity contribution in [1.82, 2.24) is 4.90 Å². The quantitative estimate of drug-likeness (QED) is 0.680. The Labute approximate surface area is 149 Å². The van der Waals surface area contributed by atoms with Gasteiger partial charge in [0.1, 0.15) is 12.4 Å². The van der Waals surface area contributed by atoms with E-state index in [0.717, 1.165) is 11.1 Å².